The van der Waals surface area contributed by atoms with Gasteiger partial charge in [0, 0.05) is 37.1 Å². The second-order valence-corrected chi connectivity index (χ2v) is 7.81. The Morgan fingerprint density at radius 3 is 2.86 bits per heavy atom. The average molecular weight is 303 g/mol. The molecule has 1 unspecified atom stereocenters. The number of hydrogen-bond donors (Lipinski definition) is 1. The van der Waals surface area contributed by atoms with Gasteiger partial charge in [-0.1, -0.05) is 31.5 Å². The van der Waals surface area contributed by atoms with E-state index in [-0.39, 0.29) is 11.0 Å². The molecule has 1 atom stereocenters. The number of aliphatic hydroxyl groups is 1. The van der Waals surface area contributed by atoms with Crippen molar-refractivity contribution in [3.05, 3.63) is 29.3 Å². The molecule has 0 bridgehead atoms. The van der Waals surface area contributed by atoms with Crippen molar-refractivity contribution in [3.8, 4) is 5.75 Å². The predicted octanol–water partition coefficient (Wildman–Crippen LogP) is 3.38. The molecule has 1 aromatic carbocycles. The number of hydrogen-bond acceptors (Lipinski definition) is 3. The molecule has 3 rings (SSSR count). The zero-order chi connectivity index (χ0) is 15.8. The van der Waals surface area contributed by atoms with Crippen molar-refractivity contribution >= 4 is 0 Å². The molecule has 0 spiro atoms. The minimum atomic E-state index is -0.0828. The van der Waals surface area contributed by atoms with Crippen LogP contribution in [0.5, 0.6) is 5.75 Å². The van der Waals surface area contributed by atoms with Gasteiger partial charge >= 0.3 is 0 Å². The van der Waals surface area contributed by atoms with Crippen LogP contribution in [0.4, 0.5) is 0 Å². The number of likely N-dealkylation sites (tertiary alicyclic amines) is 1. The second kappa shape index (κ2) is 5.86. The number of ether oxygens (including phenoxy) is 1. The maximum absolute atomic E-state index is 9.80. The van der Waals surface area contributed by atoms with Gasteiger partial charge in [-0.15, -0.1) is 0 Å². The van der Waals surface area contributed by atoms with E-state index >= 15 is 0 Å². The molecule has 0 aliphatic carbocycles. The Morgan fingerprint density at radius 2 is 2.14 bits per heavy atom. The molecule has 122 valence electrons. The van der Waals surface area contributed by atoms with Crippen molar-refractivity contribution in [2.75, 3.05) is 19.7 Å². The zero-order valence-electron chi connectivity index (χ0n) is 14.2. The lowest BCUT2D eigenvalue weighted by Gasteiger charge is -2.27. The van der Waals surface area contributed by atoms with Gasteiger partial charge in [0.2, 0.25) is 0 Å². The molecular weight excluding hydrogens is 274 g/mol. The highest BCUT2D eigenvalue weighted by molar-refractivity contribution is 5.45. The Labute approximate surface area is 134 Å². The van der Waals surface area contributed by atoms with Gasteiger partial charge < -0.3 is 9.84 Å². The van der Waals surface area contributed by atoms with E-state index in [0.29, 0.717) is 6.61 Å². The van der Waals surface area contributed by atoms with Crippen LogP contribution in [0.3, 0.4) is 0 Å². The first kappa shape index (κ1) is 15.8. The molecule has 0 amide bonds. The van der Waals surface area contributed by atoms with Gasteiger partial charge in [0.1, 0.15) is 11.4 Å². The van der Waals surface area contributed by atoms with E-state index in [4.69, 9.17) is 4.74 Å². The van der Waals surface area contributed by atoms with Crippen molar-refractivity contribution in [1.29, 1.82) is 0 Å². The smallest absolute Gasteiger partial charge is 0.127 e. The minimum Gasteiger partial charge on any atom is -0.487 e. The first-order valence-electron chi connectivity index (χ1n) is 8.60. The first-order chi connectivity index (χ1) is 10.5. The summed E-state index contributed by atoms with van der Waals surface area (Å²) in [4.78, 5) is 2.48. The highest BCUT2D eigenvalue weighted by Crippen LogP contribution is 2.40. The quantitative estimate of drug-likeness (QED) is 0.905. The topological polar surface area (TPSA) is 32.7 Å². The standard InChI is InChI=1S/C19H29NO2/c1-4-8-19(14-21)9-10-20(13-19)12-16-7-5-6-15-11-18(2,3)22-17(15)16/h5-7,21H,4,8-14H2,1-3H3. The van der Waals surface area contributed by atoms with E-state index in [9.17, 15) is 5.11 Å². The fourth-order valence-corrected chi connectivity index (χ4v) is 4.15. The largest absolute Gasteiger partial charge is 0.487 e. The van der Waals surface area contributed by atoms with Gasteiger partial charge in [0.15, 0.2) is 0 Å². The number of para-hydroxylation sites is 1. The molecule has 0 saturated carbocycles. The third-order valence-electron chi connectivity index (χ3n) is 5.20. The summed E-state index contributed by atoms with van der Waals surface area (Å²) in [6, 6.07) is 6.53. The molecule has 2 heterocycles. The van der Waals surface area contributed by atoms with Crippen LogP contribution in [0, 0.1) is 5.41 Å². The van der Waals surface area contributed by atoms with Crippen molar-refractivity contribution in [3.63, 3.8) is 0 Å². The Balaban J connectivity index is 1.73. The number of nitrogens with zero attached hydrogens (tertiary/aromatic N) is 1. The van der Waals surface area contributed by atoms with E-state index < -0.39 is 0 Å². The fraction of sp³-hybridized carbons (Fsp3) is 0.684. The lowest BCUT2D eigenvalue weighted by molar-refractivity contribution is 0.115. The molecule has 0 aromatic heterocycles. The summed E-state index contributed by atoms with van der Waals surface area (Å²) < 4.78 is 6.19. The maximum atomic E-state index is 9.80. The van der Waals surface area contributed by atoms with Crippen LogP contribution in [-0.4, -0.2) is 35.3 Å². The minimum absolute atomic E-state index is 0.0828. The lowest BCUT2D eigenvalue weighted by atomic mass is 9.83. The van der Waals surface area contributed by atoms with E-state index in [1.165, 1.54) is 11.1 Å². The summed E-state index contributed by atoms with van der Waals surface area (Å²) in [5.74, 6) is 1.10. The second-order valence-electron chi connectivity index (χ2n) is 7.81. The predicted molar refractivity (Wildman–Crippen MR) is 89.2 cm³/mol. The lowest BCUT2D eigenvalue weighted by Crippen LogP contribution is -2.30. The number of benzene rings is 1. The Kier molecular flexibility index (Phi) is 4.21. The highest BCUT2D eigenvalue weighted by atomic mass is 16.5. The van der Waals surface area contributed by atoms with Gasteiger partial charge in [0.25, 0.3) is 0 Å². The van der Waals surface area contributed by atoms with Crippen LogP contribution in [0.1, 0.15) is 51.2 Å². The van der Waals surface area contributed by atoms with Gasteiger partial charge in [0.05, 0.1) is 0 Å². The van der Waals surface area contributed by atoms with Crippen LogP contribution in [0.2, 0.25) is 0 Å². The molecule has 3 heteroatoms. The van der Waals surface area contributed by atoms with Crippen LogP contribution in [0.25, 0.3) is 0 Å². The Morgan fingerprint density at radius 1 is 1.32 bits per heavy atom. The maximum Gasteiger partial charge on any atom is 0.127 e. The van der Waals surface area contributed by atoms with Gasteiger partial charge in [-0.3, -0.25) is 4.90 Å². The van der Waals surface area contributed by atoms with Gasteiger partial charge in [-0.25, -0.2) is 0 Å². The summed E-state index contributed by atoms with van der Waals surface area (Å²) in [7, 11) is 0. The molecule has 2 aliphatic heterocycles. The summed E-state index contributed by atoms with van der Waals surface area (Å²) in [5.41, 5.74) is 2.67. The van der Waals surface area contributed by atoms with E-state index in [1.54, 1.807) is 0 Å². The number of rotatable bonds is 5. The number of aliphatic hydroxyl groups excluding tert-OH is 1. The third kappa shape index (κ3) is 3.02. The molecule has 1 N–H and O–H groups in total. The van der Waals surface area contributed by atoms with Crippen molar-refractivity contribution in [2.24, 2.45) is 5.41 Å². The normalized spacial score (nSPS) is 26.9. The monoisotopic (exact) mass is 303 g/mol. The molecule has 2 aliphatic rings. The zero-order valence-corrected chi connectivity index (χ0v) is 14.2. The Bertz CT molecular complexity index is 540. The number of fused-ring (bicyclic) bond motifs is 1. The SMILES string of the molecule is CCCC1(CO)CCN(Cc2cccc3c2OC(C)(C)C3)C1. The molecule has 1 fully saturated rings. The highest BCUT2D eigenvalue weighted by Gasteiger charge is 2.38. The third-order valence-corrected chi connectivity index (χ3v) is 5.20. The Hall–Kier alpha value is -1.06. The summed E-state index contributed by atoms with van der Waals surface area (Å²) >= 11 is 0. The van der Waals surface area contributed by atoms with E-state index in [2.05, 4.69) is 43.9 Å². The van der Waals surface area contributed by atoms with Gasteiger partial charge in [-0.05, 0) is 38.8 Å². The van der Waals surface area contributed by atoms with Crippen LogP contribution < -0.4 is 4.74 Å². The molecular formula is C19H29NO2. The van der Waals surface area contributed by atoms with E-state index in [1.807, 2.05) is 0 Å². The molecule has 3 nitrogen and oxygen atoms in total. The first-order valence-corrected chi connectivity index (χ1v) is 8.60. The van der Waals surface area contributed by atoms with E-state index in [0.717, 1.165) is 51.1 Å². The summed E-state index contributed by atoms with van der Waals surface area (Å²) in [6.07, 6.45) is 4.37. The van der Waals surface area contributed by atoms with Crippen molar-refractivity contribution in [1.82, 2.24) is 4.90 Å². The van der Waals surface area contributed by atoms with Gasteiger partial charge in [-0.2, -0.15) is 0 Å². The fourth-order valence-electron chi connectivity index (χ4n) is 4.15. The van der Waals surface area contributed by atoms with Crippen LogP contribution in [0.15, 0.2) is 18.2 Å². The molecule has 1 saturated heterocycles. The molecule has 0 radical (unpaired) electrons. The van der Waals surface area contributed by atoms with Crippen LogP contribution >= 0.6 is 0 Å². The van der Waals surface area contributed by atoms with Crippen molar-refractivity contribution in [2.45, 2.75) is 58.6 Å². The van der Waals surface area contributed by atoms with Crippen molar-refractivity contribution < 1.29 is 9.84 Å². The molecule has 1 aromatic rings. The molecule has 22 heavy (non-hydrogen) atoms. The summed E-state index contributed by atoms with van der Waals surface area (Å²) in [5, 5.41) is 9.80. The average Bonchev–Trinajstić information content (AvgIpc) is 3.00. The summed E-state index contributed by atoms with van der Waals surface area (Å²) in [6.45, 7) is 9.85. The van der Waals surface area contributed by atoms with Crippen LogP contribution in [-0.2, 0) is 13.0 Å².